The summed E-state index contributed by atoms with van der Waals surface area (Å²) >= 11 is 0. The molecule has 0 aliphatic rings. The van der Waals surface area contributed by atoms with E-state index >= 15 is 0 Å². The topological polar surface area (TPSA) is 87.0 Å². The van der Waals surface area contributed by atoms with E-state index in [1.54, 1.807) is 23.0 Å². The number of nitrogen functional groups attached to an aromatic ring is 1. The molecule has 0 fully saturated rings. The van der Waals surface area contributed by atoms with Crippen LogP contribution in [-0.4, -0.2) is 14.7 Å². The average molecular weight is 260 g/mol. The van der Waals surface area contributed by atoms with E-state index < -0.39 is 4.92 Å². The minimum atomic E-state index is -0.429. The fourth-order valence-corrected chi connectivity index (χ4v) is 1.83. The van der Waals surface area contributed by atoms with Gasteiger partial charge in [0.25, 0.3) is 5.69 Å². The van der Waals surface area contributed by atoms with Crippen LogP contribution in [0, 0.1) is 10.1 Å². The van der Waals surface area contributed by atoms with Gasteiger partial charge in [-0.05, 0) is 12.1 Å². The van der Waals surface area contributed by atoms with Crippen LogP contribution in [0.15, 0.2) is 30.5 Å². The number of nitrogens with two attached hydrogens (primary N) is 1. The highest BCUT2D eigenvalue weighted by atomic mass is 16.6. The molecule has 1 aromatic heterocycles. The van der Waals surface area contributed by atoms with Crippen molar-refractivity contribution in [2.75, 3.05) is 5.73 Å². The number of hydrogen-bond acceptors (Lipinski definition) is 4. The molecule has 6 heteroatoms. The molecule has 100 valence electrons. The highest BCUT2D eigenvalue weighted by molar-refractivity contribution is 5.48. The van der Waals surface area contributed by atoms with Gasteiger partial charge in [-0.3, -0.25) is 10.1 Å². The largest absolute Gasteiger partial charge is 0.396 e. The van der Waals surface area contributed by atoms with Gasteiger partial charge in [-0.15, -0.1) is 0 Å². The lowest BCUT2D eigenvalue weighted by Gasteiger charge is -2.15. The van der Waals surface area contributed by atoms with Crippen LogP contribution in [-0.2, 0) is 5.41 Å². The Kier molecular flexibility index (Phi) is 3.01. The number of nitrogens with zero attached hydrogens (tertiary/aromatic N) is 3. The molecule has 0 aliphatic carbocycles. The Balaban J connectivity index is 2.40. The van der Waals surface area contributed by atoms with E-state index in [0.717, 1.165) is 11.4 Å². The lowest BCUT2D eigenvalue weighted by atomic mass is 9.92. The van der Waals surface area contributed by atoms with Crippen LogP contribution in [0.5, 0.6) is 0 Å². The number of nitro groups is 1. The summed E-state index contributed by atoms with van der Waals surface area (Å²) in [5.74, 6) is 0. The molecule has 2 N–H and O–H groups in total. The van der Waals surface area contributed by atoms with Crippen molar-refractivity contribution in [3.05, 3.63) is 46.3 Å². The van der Waals surface area contributed by atoms with Crippen molar-refractivity contribution < 1.29 is 4.92 Å². The molecule has 0 saturated heterocycles. The van der Waals surface area contributed by atoms with Crippen molar-refractivity contribution in [3.63, 3.8) is 0 Å². The van der Waals surface area contributed by atoms with Crippen molar-refractivity contribution in [1.82, 2.24) is 9.78 Å². The quantitative estimate of drug-likeness (QED) is 0.664. The van der Waals surface area contributed by atoms with Gasteiger partial charge in [0.15, 0.2) is 0 Å². The van der Waals surface area contributed by atoms with Crippen molar-refractivity contribution >= 4 is 11.4 Å². The number of rotatable bonds is 2. The Hall–Kier alpha value is -2.37. The van der Waals surface area contributed by atoms with Gasteiger partial charge in [0.1, 0.15) is 0 Å². The summed E-state index contributed by atoms with van der Waals surface area (Å²) in [5.41, 5.74) is 8.03. The van der Waals surface area contributed by atoms with Crippen molar-refractivity contribution in [1.29, 1.82) is 0 Å². The zero-order valence-corrected chi connectivity index (χ0v) is 11.1. The molecule has 0 bridgehead atoms. The minimum Gasteiger partial charge on any atom is -0.396 e. The molecule has 0 unspecified atom stereocenters. The van der Waals surface area contributed by atoms with Crippen molar-refractivity contribution in [2.45, 2.75) is 26.2 Å². The van der Waals surface area contributed by atoms with Gasteiger partial charge >= 0.3 is 0 Å². The van der Waals surface area contributed by atoms with Gasteiger partial charge in [0.2, 0.25) is 0 Å². The fourth-order valence-electron chi connectivity index (χ4n) is 1.83. The lowest BCUT2D eigenvalue weighted by Crippen LogP contribution is -2.14. The number of hydrogen-bond donors (Lipinski definition) is 1. The van der Waals surface area contributed by atoms with E-state index in [4.69, 9.17) is 5.73 Å². The monoisotopic (exact) mass is 260 g/mol. The molecule has 6 nitrogen and oxygen atoms in total. The molecule has 2 rings (SSSR count). The Morgan fingerprint density at radius 3 is 2.26 bits per heavy atom. The van der Waals surface area contributed by atoms with Crippen LogP contribution in [0.3, 0.4) is 0 Å². The molecular weight excluding hydrogens is 244 g/mol. The highest BCUT2D eigenvalue weighted by Gasteiger charge is 2.21. The van der Waals surface area contributed by atoms with Crippen LogP contribution in [0.2, 0.25) is 0 Å². The zero-order valence-electron chi connectivity index (χ0n) is 11.1. The van der Waals surface area contributed by atoms with Crippen molar-refractivity contribution in [3.8, 4) is 5.69 Å². The van der Waals surface area contributed by atoms with Gasteiger partial charge in [-0.1, -0.05) is 20.8 Å². The van der Waals surface area contributed by atoms with E-state index in [1.165, 1.54) is 12.1 Å². The summed E-state index contributed by atoms with van der Waals surface area (Å²) in [6.45, 7) is 6.10. The van der Waals surface area contributed by atoms with E-state index in [2.05, 4.69) is 5.10 Å². The maximum Gasteiger partial charge on any atom is 0.269 e. The Labute approximate surface area is 111 Å². The smallest absolute Gasteiger partial charge is 0.269 e. The maximum atomic E-state index is 10.6. The predicted molar refractivity (Wildman–Crippen MR) is 73.3 cm³/mol. The average Bonchev–Trinajstić information content (AvgIpc) is 2.71. The second kappa shape index (κ2) is 4.38. The van der Waals surface area contributed by atoms with Gasteiger partial charge in [-0.25, -0.2) is 4.68 Å². The highest BCUT2D eigenvalue weighted by Crippen LogP contribution is 2.27. The third kappa shape index (κ3) is 2.57. The first kappa shape index (κ1) is 13.1. The number of non-ortho nitro benzene ring substituents is 1. The number of benzene rings is 1. The Bertz CT molecular complexity index is 609. The summed E-state index contributed by atoms with van der Waals surface area (Å²) in [6.07, 6.45) is 1.72. The number of aromatic nitrogens is 2. The van der Waals surface area contributed by atoms with Crippen LogP contribution >= 0.6 is 0 Å². The van der Waals surface area contributed by atoms with E-state index in [0.29, 0.717) is 5.69 Å². The van der Waals surface area contributed by atoms with Crippen molar-refractivity contribution in [2.24, 2.45) is 0 Å². The zero-order chi connectivity index (χ0) is 14.2. The normalized spacial score (nSPS) is 11.5. The van der Waals surface area contributed by atoms with Gasteiger partial charge in [-0.2, -0.15) is 5.10 Å². The van der Waals surface area contributed by atoms with E-state index in [1.807, 2.05) is 20.8 Å². The molecule has 0 spiro atoms. The standard InChI is InChI=1S/C13H16N4O2/c1-13(2,3)12-11(14)8-16(15-12)9-4-6-10(7-5-9)17(18)19/h4-8H,14H2,1-3H3. The second-order valence-electron chi connectivity index (χ2n) is 5.40. The number of anilines is 1. The van der Waals surface area contributed by atoms with Gasteiger partial charge in [0, 0.05) is 17.5 Å². The predicted octanol–water partition coefficient (Wildman–Crippen LogP) is 2.66. The first-order chi connectivity index (χ1) is 8.79. The maximum absolute atomic E-state index is 10.6. The molecule has 0 aliphatic heterocycles. The molecule has 1 heterocycles. The third-order valence-electron chi connectivity index (χ3n) is 2.78. The first-order valence-corrected chi connectivity index (χ1v) is 5.89. The summed E-state index contributed by atoms with van der Waals surface area (Å²) in [5, 5.41) is 15.0. The minimum absolute atomic E-state index is 0.0555. The summed E-state index contributed by atoms with van der Waals surface area (Å²) < 4.78 is 1.64. The number of nitro benzene ring substituents is 1. The van der Waals surface area contributed by atoms with E-state index in [9.17, 15) is 10.1 Å². The van der Waals surface area contributed by atoms with Crippen LogP contribution in [0.4, 0.5) is 11.4 Å². The SMILES string of the molecule is CC(C)(C)c1nn(-c2ccc([N+](=O)[O-])cc2)cc1N. The Morgan fingerprint density at radius 1 is 1.26 bits per heavy atom. The fraction of sp³-hybridized carbons (Fsp3) is 0.308. The van der Waals surface area contributed by atoms with Crippen LogP contribution in [0.25, 0.3) is 5.69 Å². The van der Waals surface area contributed by atoms with Gasteiger partial charge < -0.3 is 5.73 Å². The molecule has 0 radical (unpaired) electrons. The molecular formula is C13H16N4O2. The second-order valence-corrected chi connectivity index (χ2v) is 5.40. The molecule has 2 aromatic rings. The summed E-state index contributed by atoms with van der Waals surface area (Å²) in [6, 6.07) is 6.20. The summed E-state index contributed by atoms with van der Waals surface area (Å²) in [4.78, 5) is 10.2. The third-order valence-corrected chi connectivity index (χ3v) is 2.78. The van der Waals surface area contributed by atoms with Crippen LogP contribution in [0.1, 0.15) is 26.5 Å². The Morgan fingerprint density at radius 2 is 1.84 bits per heavy atom. The molecule has 0 saturated carbocycles. The lowest BCUT2D eigenvalue weighted by molar-refractivity contribution is -0.384. The molecule has 1 aromatic carbocycles. The molecule has 0 atom stereocenters. The first-order valence-electron chi connectivity index (χ1n) is 5.89. The summed E-state index contributed by atoms with van der Waals surface area (Å²) in [7, 11) is 0. The molecule has 19 heavy (non-hydrogen) atoms. The van der Waals surface area contributed by atoms with E-state index in [-0.39, 0.29) is 11.1 Å². The van der Waals surface area contributed by atoms with Crippen LogP contribution < -0.4 is 5.73 Å². The molecule has 0 amide bonds. The van der Waals surface area contributed by atoms with Gasteiger partial charge in [0.05, 0.1) is 28.2 Å².